The van der Waals surface area contributed by atoms with Crippen molar-refractivity contribution in [3.63, 3.8) is 0 Å². The molecule has 3 aliphatic heterocycles. The van der Waals surface area contributed by atoms with E-state index in [-0.39, 0.29) is 25.2 Å². The molecule has 3 rings (SSSR count). The number of rotatable bonds is 2. The molecule has 0 aromatic carbocycles. The summed E-state index contributed by atoms with van der Waals surface area (Å²) in [6.07, 6.45) is -1.12. The van der Waals surface area contributed by atoms with Crippen LogP contribution in [0.2, 0.25) is 0 Å². The first kappa shape index (κ1) is 15.7. The van der Waals surface area contributed by atoms with E-state index in [4.69, 9.17) is 28.4 Å². The van der Waals surface area contributed by atoms with E-state index < -0.39 is 36.6 Å². The number of carbonyl (C=O) groups is 2. The van der Waals surface area contributed by atoms with Gasteiger partial charge in [0, 0.05) is 12.8 Å². The SMILES string of the molecule is COC(=O)C1CC2OCC3OC(CC3C(=O)OC)OCC1O2. The number of methoxy groups -OCH3 is 2. The molecule has 0 N–H and O–H groups in total. The van der Waals surface area contributed by atoms with Gasteiger partial charge in [0.1, 0.15) is 0 Å². The lowest BCUT2D eigenvalue weighted by Gasteiger charge is -2.22. The second-order valence-electron chi connectivity index (χ2n) is 5.61. The Kier molecular flexibility index (Phi) is 4.62. The topological polar surface area (TPSA) is 89.5 Å². The zero-order valence-corrected chi connectivity index (χ0v) is 12.6. The monoisotopic (exact) mass is 316 g/mol. The number of hydrogen-bond donors (Lipinski definition) is 0. The summed E-state index contributed by atoms with van der Waals surface area (Å²) in [4.78, 5) is 23.6. The molecule has 0 aromatic rings. The van der Waals surface area contributed by atoms with Crippen LogP contribution in [0.3, 0.4) is 0 Å². The highest BCUT2D eigenvalue weighted by atomic mass is 16.7. The second-order valence-corrected chi connectivity index (χ2v) is 5.61. The van der Waals surface area contributed by atoms with Gasteiger partial charge in [-0.3, -0.25) is 9.59 Å². The van der Waals surface area contributed by atoms with Crippen molar-refractivity contribution >= 4 is 11.9 Å². The van der Waals surface area contributed by atoms with Gasteiger partial charge in [0.05, 0.1) is 51.5 Å². The lowest BCUT2D eigenvalue weighted by atomic mass is 10.0. The van der Waals surface area contributed by atoms with Gasteiger partial charge in [-0.1, -0.05) is 0 Å². The number of hydrogen-bond acceptors (Lipinski definition) is 8. The molecule has 3 heterocycles. The molecule has 6 atom stereocenters. The van der Waals surface area contributed by atoms with Crippen LogP contribution in [0.25, 0.3) is 0 Å². The van der Waals surface area contributed by atoms with Crippen molar-refractivity contribution in [1.29, 1.82) is 0 Å². The fourth-order valence-corrected chi connectivity index (χ4v) is 3.14. The zero-order valence-electron chi connectivity index (χ0n) is 12.6. The predicted octanol–water partition coefficient (Wildman–Crippen LogP) is -0.158. The molecule has 0 amide bonds. The minimum absolute atomic E-state index is 0.185. The fraction of sp³-hybridized carbons (Fsp3) is 0.857. The first-order chi connectivity index (χ1) is 10.6. The van der Waals surface area contributed by atoms with Crippen molar-refractivity contribution in [2.24, 2.45) is 11.8 Å². The first-order valence-electron chi connectivity index (χ1n) is 7.32. The quantitative estimate of drug-likeness (QED) is 0.649. The average Bonchev–Trinajstić information content (AvgIpc) is 3.11. The summed E-state index contributed by atoms with van der Waals surface area (Å²) in [5.41, 5.74) is 0. The summed E-state index contributed by atoms with van der Waals surface area (Å²) in [5.74, 6) is -1.50. The van der Waals surface area contributed by atoms with Crippen LogP contribution in [0.5, 0.6) is 0 Å². The molecule has 3 fully saturated rings. The molecule has 0 radical (unpaired) electrons. The smallest absolute Gasteiger partial charge is 0.311 e. The summed E-state index contributed by atoms with van der Waals surface area (Å²) in [6.45, 7) is 0.371. The molecular weight excluding hydrogens is 296 g/mol. The van der Waals surface area contributed by atoms with Gasteiger partial charge in [0.2, 0.25) is 0 Å². The zero-order chi connectivity index (χ0) is 15.7. The Balaban J connectivity index is 1.69. The molecule has 8 nitrogen and oxygen atoms in total. The van der Waals surface area contributed by atoms with E-state index in [9.17, 15) is 9.59 Å². The molecule has 3 saturated heterocycles. The third-order valence-corrected chi connectivity index (χ3v) is 4.34. The number of carbonyl (C=O) groups excluding carboxylic acids is 2. The maximum absolute atomic E-state index is 11.8. The Bertz CT molecular complexity index is 399. The van der Waals surface area contributed by atoms with Crippen LogP contribution in [0.4, 0.5) is 0 Å². The molecule has 3 aliphatic rings. The maximum Gasteiger partial charge on any atom is 0.311 e. The molecule has 22 heavy (non-hydrogen) atoms. The van der Waals surface area contributed by atoms with E-state index in [1.54, 1.807) is 0 Å². The third kappa shape index (κ3) is 2.96. The highest BCUT2D eigenvalue weighted by Crippen LogP contribution is 2.34. The van der Waals surface area contributed by atoms with Crippen LogP contribution in [0.1, 0.15) is 12.8 Å². The molecule has 8 heteroatoms. The van der Waals surface area contributed by atoms with Gasteiger partial charge in [0.15, 0.2) is 12.6 Å². The Morgan fingerprint density at radius 3 is 1.59 bits per heavy atom. The second kappa shape index (κ2) is 6.49. The minimum atomic E-state index is -0.531. The van der Waals surface area contributed by atoms with E-state index >= 15 is 0 Å². The maximum atomic E-state index is 11.8. The standard InChI is InChI=1S/C14H20O8/c1-17-13(15)7-3-11-20-6-10-8(14(16)18-2)4-12(22-10)19-5-9(7)21-11/h7-12H,3-6H2,1-2H3. The number of esters is 2. The Morgan fingerprint density at radius 1 is 0.818 bits per heavy atom. The summed E-state index contributed by atoms with van der Waals surface area (Å²) >= 11 is 0. The van der Waals surface area contributed by atoms with Crippen molar-refractivity contribution in [2.75, 3.05) is 27.4 Å². The van der Waals surface area contributed by atoms with Crippen molar-refractivity contribution in [3.8, 4) is 0 Å². The molecular formula is C14H20O8. The Labute approximate surface area is 127 Å². The normalized spacial score (nSPS) is 41.0. The van der Waals surface area contributed by atoms with E-state index in [0.29, 0.717) is 12.8 Å². The molecule has 6 unspecified atom stereocenters. The van der Waals surface area contributed by atoms with Gasteiger partial charge >= 0.3 is 11.9 Å². The van der Waals surface area contributed by atoms with Crippen LogP contribution >= 0.6 is 0 Å². The summed E-state index contributed by atoms with van der Waals surface area (Å²) < 4.78 is 32.3. The fourth-order valence-electron chi connectivity index (χ4n) is 3.14. The summed E-state index contributed by atoms with van der Waals surface area (Å²) in [7, 11) is 2.69. The highest BCUT2D eigenvalue weighted by Gasteiger charge is 2.47. The lowest BCUT2D eigenvalue weighted by molar-refractivity contribution is -0.218. The third-order valence-electron chi connectivity index (χ3n) is 4.34. The van der Waals surface area contributed by atoms with Gasteiger partial charge in [0.25, 0.3) is 0 Å². The van der Waals surface area contributed by atoms with E-state index in [2.05, 4.69) is 0 Å². The van der Waals surface area contributed by atoms with Crippen molar-refractivity contribution in [3.05, 3.63) is 0 Å². The van der Waals surface area contributed by atoms with Crippen molar-refractivity contribution in [2.45, 2.75) is 37.6 Å². The summed E-state index contributed by atoms with van der Waals surface area (Å²) in [6, 6.07) is 0. The molecule has 4 bridgehead atoms. The number of ether oxygens (including phenoxy) is 6. The van der Waals surface area contributed by atoms with Crippen LogP contribution in [-0.4, -0.2) is 64.2 Å². The van der Waals surface area contributed by atoms with E-state index in [1.807, 2.05) is 0 Å². The van der Waals surface area contributed by atoms with Gasteiger partial charge < -0.3 is 28.4 Å². The molecule has 0 aromatic heterocycles. The van der Waals surface area contributed by atoms with Crippen LogP contribution in [-0.2, 0) is 38.0 Å². The number of fused-ring (bicyclic) bond motifs is 4. The molecule has 0 saturated carbocycles. The molecule has 0 spiro atoms. The lowest BCUT2D eigenvalue weighted by Crippen LogP contribution is -2.33. The largest absolute Gasteiger partial charge is 0.469 e. The van der Waals surface area contributed by atoms with Crippen LogP contribution in [0.15, 0.2) is 0 Å². The minimum Gasteiger partial charge on any atom is -0.469 e. The molecule has 124 valence electrons. The van der Waals surface area contributed by atoms with E-state index in [0.717, 1.165) is 0 Å². The van der Waals surface area contributed by atoms with Gasteiger partial charge in [-0.25, -0.2) is 0 Å². The average molecular weight is 316 g/mol. The predicted molar refractivity (Wildman–Crippen MR) is 69.5 cm³/mol. The first-order valence-corrected chi connectivity index (χ1v) is 7.32. The molecule has 0 aliphatic carbocycles. The van der Waals surface area contributed by atoms with E-state index in [1.165, 1.54) is 14.2 Å². The van der Waals surface area contributed by atoms with Crippen LogP contribution < -0.4 is 0 Å². The van der Waals surface area contributed by atoms with Crippen molar-refractivity contribution < 1.29 is 38.0 Å². The van der Waals surface area contributed by atoms with Gasteiger partial charge in [-0.05, 0) is 0 Å². The Hall–Kier alpha value is -1.22. The van der Waals surface area contributed by atoms with Gasteiger partial charge in [-0.15, -0.1) is 0 Å². The summed E-state index contributed by atoms with van der Waals surface area (Å²) in [5, 5.41) is 0. The van der Waals surface area contributed by atoms with Gasteiger partial charge in [-0.2, -0.15) is 0 Å². The highest BCUT2D eigenvalue weighted by molar-refractivity contribution is 5.73. The Morgan fingerprint density at radius 2 is 1.23 bits per heavy atom. The van der Waals surface area contributed by atoms with Crippen molar-refractivity contribution in [1.82, 2.24) is 0 Å². The van der Waals surface area contributed by atoms with Crippen LogP contribution in [0, 0.1) is 11.8 Å².